The van der Waals surface area contributed by atoms with Gasteiger partial charge in [-0.1, -0.05) is 13.3 Å². The van der Waals surface area contributed by atoms with Gasteiger partial charge in [-0.25, -0.2) is 0 Å². The second-order valence-electron chi connectivity index (χ2n) is 5.73. The predicted octanol–water partition coefficient (Wildman–Crippen LogP) is 3.16. The Bertz CT molecular complexity index is 796. The summed E-state index contributed by atoms with van der Waals surface area (Å²) >= 11 is 1.48. The molecule has 0 saturated heterocycles. The van der Waals surface area contributed by atoms with Gasteiger partial charge < -0.3 is 15.4 Å². The molecule has 1 aromatic carbocycles. The number of amides is 2. The number of nitrogens with one attached hydrogen (secondary N) is 2. The van der Waals surface area contributed by atoms with E-state index in [-0.39, 0.29) is 18.4 Å². The molecule has 0 fully saturated rings. The van der Waals surface area contributed by atoms with Crippen molar-refractivity contribution in [2.75, 3.05) is 19.0 Å². The number of methoxy groups -OCH3 is 1. The fraction of sp³-hybridized carbons (Fsp3) is 0.316. The van der Waals surface area contributed by atoms with Crippen LogP contribution >= 0.6 is 11.3 Å². The summed E-state index contributed by atoms with van der Waals surface area (Å²) in [4.78, 5) is 37.2. The molecular weight excluding hydrogens is 352 g/mol. The predicted molar refractivity (Wildman–Crippen MR) is 102 cm³/mol. The molecule has 0 bridgehead atoms. The lowest BCUT2D eigenvalue weighted by Crippen LogP contribution is -2.30. The molecule has 2 rings (SSSR count). The number of aryl methyl sites for hydroxylation is 2. The molecule has 7 heteroatoms. The molecule has 0 aliphatic rings. The van der Waals surface area contributed by atoms with Crippen LogP contribution in [0.1, 0.15) is 43.8 Å². The van der Waals surface area contributed by atoms with E-state index in [2.05, 4.69) is 22.3 Å². The van der Waals surface area contributed by atoms with Gasteiger partial charge in [0.25, 0.3) is 11.8 Å². The van der Waals surface area contributed by atoms with Crippen LogP contribution in [0, 0.1) is 6.92 Å². The van der Waals surface area contributed by atoms with Crippen LogP contribution in [0.4, 0.5) is 5.69 Å². The highest BCUT2D eigenvalue weighted by Crippen LogP contribution is 2.24. The zero-order chi connectivity index (χ0) is 19.1. The zero-order valence-electron chi connectivity index (χ0n) is 15.0. The molecule has 0 aliphatic carbocycles. The number of anilines is 1. The van der Waals surface area contributed by atoms with Gasteiger partial charge in [0, 0.05) is 16.1 Å². The van der Waals surface area contributed by atoms with E-state index in [1.807, 2.05) is 13.0 Å². The van der Waals surface area contributed by atoms with Crippen molar-refractivity contribution in [1.82, 2.24) is 5.32 Å². The molecule has 0 atom stereocenters. The average Bonchev–Trinajstić information content (AvgIpc) is 3.01. The molecule has 1 aromatic heterocycles. The summed E-state index contributed by atoms with van der Waals surface area (Å²) in [5.41, 5.74) is 2.20. The van der Waals surface area contributed by atoms with Crippen LogP contribution in [0.2, 0.25) is 0 Å². The van der Waals surface area contributed by atoms with Gasteiger partial charge in [0.1, 0.15) is 6.54 Å². The number of ether oxygens (including phenoxy) is 1. The number of rotatable bonds is 7. The molecule has 2 aromatic rings. The number of esters is 1. The fourth-order valence-corrected chi connectivity index (χ4v) is 3.34. The first-order chi connectivity index (χ1) is 12.4. The summed E-state index contributed by atoms with van der Waals surface area (Å²) in [6, 6.07) is 8.42. The Labute approximate surface area is 156 Å². The maximum Gasteiger partial charge on any atom is 0.325 e. The Hall–Kier alpha value is -2.67. The molecule has 2 N–H and O–H groups in total. The van der Waals surface area contributed by atoms with Crippen LogP contribution in [0.3, 0.4) is 0 Å². The first kappa shape index (κ1) is 19.7. The Kier molecular flexibility index (Phi) is 6.91. The summed E-state index contributed by atoms with van der Waals surface area (Å²) in [6.07, 6.45) is 2.00. The second-order valence-corrected chi connectivity index (χ2v) is 6.99. The molecule has 138 valence electrons. The summed E-state index contributed by atoms with van der Waals surface area (Å²) < 4.78 is 4.47. The topological polar surface area (TPSA) is 84.5 Å². The Morgan fingerprint density at radius 1 is 1.12 bits per heavy atom. The van der Waals surface area contributed by atoms with Gasteiger partial charge in [-0.2, -0.15) is 0 Å². The number of carbonyl (C=O) groups is 3. The lowest BCUT2D eigenvalue weighted by molar-refractivity contribution is -0.139. The van der Waals surface area contributed by atoms with E-state index in [1.165, 1.54) is 24.0 Å². The molecule has 0 spiro atoms. The van der Waals surface area contributed by atoms with E-state index >= 15 is 0 Å². The van der Waals surface area contributed by atoms with E-state index in [0.717, 1.165) is 17.7 Å². The van der Waals surface area contributed by atoms with Crippen molar-refractivity contribution in [3.63, 3.8) is 0 Å². The van der Waals surface area contributed by atoms with E-state index < -0.39 is 5.97 Å². The number of benzene rings is 1. The fourth-order valence-electron chi connectivity index (χ4n) is 2.37. The minimum absolute atomic E-state index is 0.164. The third kappa shape index (κ3) is 5.16. The van der Waals surface area contributed by atoms with Gasteiger partial charge >= 0.3 is 5.97 Å². The maximum atomic E-state index is 12.4. The first-order valence-corrected chi connectivity index (χ1v) is 9.12. The molecule has 0 unspecified atom stereocenters. The monoisotopic (exact) mass is 374 g/mol. The lowest BCUT2D eigenvalue weighted by Gasteiger charge is -2.06. The molecule has 6 nitrogen and oxygen atoms in total. The molecule has 0 aliphatic heterocycles. The summed E-state index contributed by atoms with van der Waals surface area (Å²) in [7, 11) is 1.26. The highest BCUT2D eigenvalue weighted by atomic mass is 32.1. The standard InChI is InChI=1S/C19H22N2O4S/c1-4-5-14-10-16(26-12(14)2)19(24)21-15-8-6-13(7-9-15)18(23)20-11-17(22)25-3/h6-10H,4-5,11H2,1-3H3,(H,20,23)(H,21,24). The van der Waals surface area contributed by atoms with Crippen LogP contribution in [0.5, 0.6) is 0 Å². The van der Waals surface area contributed by atoms with E-state index in [4.69, 9.17) is 0 Å². The molecular formula is C19H22N2O4S. The Morgan fingerprint density at radius 2 is 1.81 bits per heavy atom. The first-order valence-electron chi connectivity index (χ1n) is 8.30. The van der Waals surface area contributed by atoms with Crippen molar-refractivity contribution in [3.8, 4) is 0 Å². The summed E-state index contributed by atoms with van der Waals surface area (Å²) in [5.74, 6) is -1.06. The maximum absolute atomic E-state index is 12.4. The van der Waals surface area contributed by atoms with E-state index in [0.29, 0.717) is 16.1 Å². The summed E-state index contributed by atoms with van der Waals surface area (Å²) in [6.45, 7) is 3.94. The minimum Gasteiger partial charge on any atom is -0.468 e. The minimum atomic E-state index is -0.518. The number of hydrogen-bond donors (Lipinski definition) is 2. The smallest absolute Gasteiger partial charge is 0.325 e. The van der Waals surface area contributed by atoms with Gasteiger partial charge in [-0.05, 0) is 49.2 Å². The van der Waals surface area contributed by atoms with Crippen molar-refractivity contribution in [2.24, 2.45) is 0 Å². The lowest BCUT2D eigenvalue weighted by atomic mass is 10.1. The van der Waals surface area contributed by atoms with Crippen molar-refractivity contribution in [3.05, 3.63) is 51.2 Å². The van der Waals surface area contributed by atoms with Gasteiger partial charge in [-0.15, -0.1) is 11.3 Å². The number of thiophene rings is 1. The van der Waals surface area contributed by atoms with Crippen LogP contribution in [-0.2, 0) is 16.0 Å². The quantitative estimate of drug-likeness (QED) is 0.729. The van der Waals surface area contributed by atoms with Gasteiger partial charge in [0.2, 0.25) is 0 Å². The Balaban J connectivity index is 1.98. The van der Waals surface area contributed by atoms with Gasteiger partial charge in [0.05, 0.1) is 12.0 Å². The third-order valence-corrected chi connectivity index (χ3v) is 4.88. The Morgan fingerprint density at radius 3 is 2.42 bits per heavy atom. The highest BCUT2D eigenvalue weighted by Gasteiger charge is 2.13. The van der Waals surface area contributed by atoms with Crippen molar-refractivity contribution < 1.29 is 19.1 Å². The van der Waals surface area contributed by atoms with Crippen LogP contribution < -0.4 is 10.6 Å². The van der Waals surface area contributed by atoms with Gasteiger partial charge in [0.15, 0.2) is 0 Å². The third-order valence-electron chi connectivity index (χ3n) is 3.79. The van der Waals surface area contributed by atoms with E-state index in [9.17, 15) is 14.4 Å². The number of carbonyl (C=O) groups excluding carboxylic acids is 3. The van der Waals surface area contributed by atoms with Crippen molar-refractivity contribution in [2.45, 2.75) is 26.7 Å². The molecule has 26 heavy (non-hydrogen) atoms. The summed E-state index contributed by atoms with van der Waals surface area (Å²) in [5, 5.41) is 5.29. The molecule has 1 heterocycles. The van der Waals surface area contributed by atoms with Crippen LogP contribution in [0.25, 0.3) is 0 Å². The molecule has 0 radical (unpaired) electrons. The van der Waals surface area contributed by atoms with E-state index in [1.54, 1.807) is 24.3 Å². The highest BCUT2D eigenvalue weighted by molar-refractivity contribution is 7.14. The molecule has 0 saturated carbocycles. The SMILES string of the molecule is CCCc1cc(C(=O)Nc2ccc(C(=O)NCC(=O)OC)cc2)sc1C. The average molecular weight is 374 g/mol. The van der Waals surface area contributed by atoms with Gasteiger partial charge in [-0.3, -0.25) is 14.4 Å². The normalized spacial score (nSPS) is 10.3. The zero-order valence-corrected chi connectivity index (χ0v) is 15.9. The van der Waals surface area contributed by atoms with Crippen LogP contribution in [0.15, 0.2) is 30.3 Å². The largest absolute Gasteiger partial charge is 0.468 e. The van der Waals surface area contributed by atoms with Crippen LogP contribution in [-0.4, -0.2) is 31.4 Å². The van der Waals surface area contributed by atoms with Crippen molar-refractivity contribution >= 4 is 34.8 Å². The molecule has 2 amide bonds. The number of hydrogen-bond acceptors (Lipinski definition) is 5. The second kappa shape index (κ2) is 9.15. The van der Waals surface area contributed by atoms with Crippen molar-refractivity contribution in [1.29, 1.82) is 0 Å².